The number of furan rings is 1. The van der Waals surface area contributed by atoms with Gasteiger partial charge in [-0.2, -0.15) is 4.31 Å². The number of sulfonamides is 1. The van der Waals surface area contributed by atoms with Crippen molar-refractivity contribution in [3.63, 3.8) is 0 Å². The van der Waals surface area contributed by atoms with Gasteiger partial charge >= 0.3 is 0 Å². The summed E-state index contributed by atoms with van der Waals surface area (Å²) in [5, 5.41) is -0.285. The number of piperazine rings is 1. The van der Waals surface area contributed by atoms with Crippen LogP contribution in [0.3, 0.4) is 0 Å². The summed E-state index contributed by atoms with van der Waals surface area (Å²) in [5.41, 5.74) is 5.09. The Morgan fingerprint density at radius 1 is 1.04 bits per heavy atom. The molecule has 2 saturated heterocycles. The maximum atomic E-state index is 12.6. The number of primary amides is 1. The van der Waals surface area contributed by atoms with Crippen LogP contribution in [0.5, 0.6) is 0 Å². The first-order valence-electron chi connectivity index (χ1n) is 8.85. The molecule has 150 valence electrons. The van der Waals surface area contributed by atoms with Crippen LogP contribution in [0.25, 0.3) is 0 Å². The van der Waals surface area contributed by atoms with Crippen LogP contribution in [0.1, 0.15) is 17.0 Å². The molecule has 1 aromatic heterocycles. The Morgan fingerprint density at radius 3 is 2.30 bits per heavy atom. The number of ether oxygens (including phenoxy) is 1. The van der Waals surface area contributed by atoms with Gasteiger partial charge in [-0.15, -0.1) is 0 Å². The van der Waals surface area contributed by atoms with Crippen LogP contribution in [0, 0.1) is 0 Å². The Kier molecular flexibility index (Phi) is 6.15. The minimum Gasteiger partial charge on any atom is -0.438 e. The molecule has 3 rings (SSSR count). The number of carbonyl (C=O) groups is 2. The van der Waals surface area contributed by atoms with E-state index in [1.54, 1.807) is 4.90 Å². The molecule has 27 heavy (non-hydrogen) atoms. The predicted molar refractivity (Wildman–Crippen MR) is 94.4 cm³/mol. The lowest BCUT2D eigenvalue weighted by atomic mass is 10.3. The first-order valence-corrected chi connectivity index (χ1v) is 10.3. The van der Waals surface area contributed by atoms with Crippen molar-refractivity contribution in [1.29, 1.82) is 0 Å². The molecular weight excluding hydrogens is 376 g/mol. The molecule has 1 aromatic rings. The van der Waals surface area contributed by atoms with E-state index in [0.29, 0.717) is 65.4 Å². The smallest absolute Gasteiger partial charge is 0.284 e. The summed E-state index contributed by atoms with van der Waals surface area (Å²) in [6.45, 7) is 4.64. The zero-order valence-corrected chi connectivity index (χ0v) is 15.8. The van der Waals surface area contributed by atoms with Crippen molar-refractivity contribution in [3.8, 4) is 0 Å². The third kappa shape index (κ3) is 4.67. The van der Waals surface area contributed by atoms with E-state index in [0.717, 1.165) is 0 Å². The largest absolute Gasteiger partial charge is 0.438 e. The van der Waals surface area contributed by atoms with Gasteiger partial charge in [0.1, 0.15) is 0 Å². The predicted octanol–water partition coefficient (Wildman–Crippen LogP) is -1.07. The Morgan fingerprint density at radius 2 is 1.70 bits per heavy atom. The van der Waals surface area contributed by atoms with Crippen molar-refractivity contribution in [1.82, 2.24) is 14.1 Å². The monoisotopic (exact) mass is 400 g/mol. The highest BCUT2D eigenvalue weighted by Gasteiger charge is 2.31. The zero-order chi connectivity index (χ0) is 19.4. The molecule has 2 N–H and O–H groups in total. The number of hydrogen-bond donors (Lipinski definition) is 1. The minimum absolute atomic E-state index is 0.0999. The second-order valence-corrected chi connectivity index (χ2v) is 8.34. The van der Waals surface area contributed by atoms with Gasteiger partial charge in [0.2, 0.25) is 11.0 Å². The minimum atomic E-state index is -3.80. The molecule has 2 amide bonds. The number of amides is 2. The molecule has 0 aliphatic carbocycles. The number of hydrogen-bond acceptors (Lipinski definition) is 7. The third-order valence-corrected chi connectivity index (χ3v) is 6.53. The summed E-state index contributed by atoms with van der Waals surface area (Å²) in [4.78, 5) is 27.1. The fourth-order valence-corrected chi connectivity index (χ4v) is 4.47. The number of nitrogens with zero attached hydrogens (tertiary/aromatic N) is 3. The molecule has 2 aliphatic heterocycles. The van der Waals surface area contributed by atoms with Crippen molar-refractivity contribution in [2.24, 2.45) is 5.73 Å². The highest BCUT2D eigenvalue weighted by Crippen LogP contribution is 2.20. The van der Waals surface area contributed by atoms with Gasteiger partial charge in [0.05, 0.1) is 13.2 Å². The second kappa shape index (κ2) is 8.38. The molecule has 2 aliphatic rings. The van der Waals surface area contributed by atoms with Gasteiger partial charge < -0.3 is 24.7 Å². The SMILES string of the molecule is NC(=O)c1ccc(S(=O)(=O)N2CCN(CCC(=O)N3CCOCC3)CC2)o1. The van der Waals surface area contributed by atoms with E-state index in [2.05, 4.69) is 4.90 Å². The normalized spacial score (nSPS) is 19.9. The second-order valence-electron chi connectivity index (χ2n) is 6.47. The van der Waals surface area contributed by atoms with Crippen molar-refractivity contribution in [3.05, 3.63) is 17.9 Å². The molecule has 0 radical (unpaired) electrons. The van der Waals surface area contributed by atoms with Crippen molar-refractivity contribution in [2.75, 3.05) is 59.0 Å². The molecule has 0 unspecified atom stereocenters. The molecule has 0 atom stereocenters. The highest BCUT2D eigenvalue weighted by atomic mass is 32.2. The van der Waals surface area contributed by atoms with Crippen LogP contribution in [0.15, 0.2) is 21.6 Å². The van der Waals surface area contributed by atoms with E-state index in [-0.39, 0.29) is 16.8 Å². The Bertz CT molecular complexity index is 779. The van der Waals surface area contributed by atoms with Gasteiger partial charge in [0.25, 0.3) is 15.9 Å². The van der Waals surface area contributed by atoms with Gasteiger partial charge in [0, 0.05) is 52.2 Å². The van der Waals surface area contributed by atoms with E-state index in [4.69, 9.17) is 14.9 Å². The number of morpholine rings is 1. The number of rotatable bonds is 6. The standard InChI is InChI=1S/C16H24N4O6S/c17-16(22)13-1-2-15(26-13)27(23,24)20-7-5-18(6-8-20)4-3-14(21)19-9-11-25-12-10-19/h1-2H,3-12H2,(H2,17,22). The molecule has 3 heterocycles. The van der Waals surface area contributed by atoms with Crippen LogP contribution in [-0.2, 0) is 19.6 Å². The van der Waals surface area contributed by atoms with Crippen LogP contribution < -0.4 is 5.73 Å². The summed E-state index contributed by atoms with van der Waals surface area (Å²) in [6.07, 6.45) is 0.410. The van der Waals surface area contributed by atoms with Gasteiger partial charge in [-0.1, -0.05) is 0 Å². The van der Waals surface area contributed by atoms with E-state index < -0.39 is 15.9 Å². The third-order valence-electron chi connectivity index (χ3n) is 4.76. The number of nitrogens with two attached hydrogens (primary N) is 1. The topological polar surface area (TPSA) is 126 Å². The van der Waals surface area contributed by atoms with Crippen molar-refractivity contribution < 1.29 is 27.2 Å². The van der Waals surface area contributed by atoms with E-state index in [1.165, 1.54) is 16.4 Å². The average molecular weight is 400 g/mol. The molecule has 0 saturated carbocycles. The zero-order valence-electron chi connectivity index (χ0n) is 15.0. The summed E-state index contributed by atoms with van der Waals surface area (Å²) >= 11 is 0. The summed E-state index contributed by atoms with van der Waals surface area (Å²) in [6, 6.07) is 2.49. The summed E-state index contributed by atoms with van der Waals surface area (Å²) in [7, 11) is -3.80. The lowest BCUT2D eigenvalue weighted by molar-refractivity contribution is -0.135. The molecule has 2 fully saturated rings. The first kappa shape index (κ1) is 19.8. The van der Waals surface area contributed by atoms with Gasteiger partial charge in [-0.3, -0.25) is 9.59 Å². The van der Waals surface area contributed by atoms with E-state index in [1.807, 2.05) is 0 Å². The van der Waals surface area contributed by atoms with Gasteiger partial charge in [0.15, 0.2) is 5.76 Å². The summed E-state index contributed by atoms with van der Waals surface area (Å²) in [5.74, 6) is -0.900. The average Bonchev–Trinajstić information content (AvgIpc) is 3.18. The van der Waals surface area contributed by atoms with Crippen molar-refractivity contribution in [2.45, 2.75) is 11.5 Å². The highest BCUT2D eigenvalue weighted by molar-refractivity contribution is 7.89. The van der Waals surface area contributed by atoms with Crippen LogP contribution in [0.2, 0.25) is 0 Å². The fourth-order valence-electron chi connectivity index (χ4n) is 3.14. The van der Waals surface area contributed by atoms with E-state index >= 15 is 0 Å². The van der Waals surface area contributed by atoms with E-state index in [9.17, 15) is 18.0 Å². The van der Waals surface area contributed by atoms with Gasteiger partial charge in [-0.05, 0) is 12.1 Å². The molecule has 11 heteroatoms. The van der Waals surface area contributed by atoms with Crippen LogP contribution >= 0.6 is 0 Å². The van der Waals surface area contributed by atoms with Crippen LogP contribution in [0.4, 0.5) is 0 Å². The molecular formula is C16H24N4O6S. The Hall–Kier alpha value is -1.95. The first-order chi connectivity index (χ1) is 12.9. The molecule has 10 nitrogen and oxygen atoms in total. The van der Waals surface area contributed by atoms with Gasteiger partial charge in [-0.25, -0.2) is 8.42 Å². The van der Waals surface area contributed by atoms with Crippen molar-refractivity contribution >= 4 is 21.8 Å². The maximum absolute atomic E-state index is 12.6. The Balaban J connectivity index is 1.49. The Labute approximate surface area is 157 Å². The fraction of sp³-hybridized carbons (Fsp3) is 0.625. The van der Waals surface area contributed by atoms with Crippen LogP contribution in [-0.4, -0.2) is 93.4 Å². The molecule has 0 aromatic carbocycles. The summed E-state index contributed by atoms with van der Waals surface area (Å²) < 4.78 is 36.8. The molecule has 0 bridgehead atoms. The molecule has 0 spiro atoms. The lowest BCUT2D eigenvalue weighted by Gasteiger charge is -2.34. The lowest BCUT2D eigenvalue weighted by Crippen LogP contribution is -2.49. The quantitative estimate of drug-likeness (QED) is 0.644. The maximum Gasteiger partial charge on any atom is 0.284 e. The number of carbonyl (C=O) groups excluding carboxylic acids is 2.